The first kappa shape index (κ1) is 35.2. The predicted molar refractivity (Wildman–Crippen MR) is 169 cm³/mol. The fourth-order valence-electron chi connectivity index (χ4n) is 5.74. The normalized spacial score (nSPS) is 18.2. The van der Waals surface area contributed by atoms with Crippen molar-refractivity contribution in [1.29, 1.82) is 0 Å². The Labute approximate surface area is 279 Å². The van der Waals surface area contributed by atoms with Crippen LogP contribution in [0.25, 0.3) is 11.6 Å². The molecule has 2 heterocycles. The number of likely N-dealkylation sites (tertiary alicyclic amines) is 1. The summed E-state index contributed by atoms with van der Waals surface area (Å²) >= 11 is 6.21. The van der Waals surface area contributed by atoms with Gasteiger partial charge in [0.15, 0.2) is 5.60 Å². The van der Waals surface area contributed by atoms with Crippen LogP contribution in [0.1, 0.15) is 49.3 Å². The van der Waals surface area contributed by atoms with Crippen molar-refractivity contribution in [2.24, 2.45) is 0 Å². The minimum atomic E-state index is -4.80. The van der Waals surface area contributed by atoms with Crippen LogP contribution in [0.4, 0.5) is 23.2 Å². The molecule has 0 aromatic heterocycles. The number of piperidine rings is 1. The van der Waals surface area contributed by atoms with Gasteiger partial charge in [-0.25, -0.2) is 17.6 Å². The zero-order valence-corrected chi connectivity index (χ0v) is 27.1. The molecule has 0 aliphatic carbocycles. The van der Waals surface area contributed by atoms with Gasteiger partial charge in [-0.05, 0) is 66.9 Å². The van der Waals surface area contributed by atoms with E-state index in [0.717, 1.165) is 22.5 Å². The smallest absolute Gasteiger partial charge is 0.416 e. The van der Waals surface area contributed by atoms with Gasteiger partial charge >= 0.3 is 12.1 Å². The van der Waals surface area contributed by atoms with E-state index >= 15 is 0 Å². The number of fused-ring (bicyclic) bond motifs is 1. The molecule has 48 heavy (non-hydrogen) atoms. The highest BCUT2D eigenvalue weighted by Crippen LogP contribution is 2.40. The molecule has 0 bridgehead atoms. The lowest BCUT2D eigenvalue weighted by atomic mass is 9.91. The number of ether oxygens (including phenoxy) is 1. The molecule has 0 radical (unpaired) electrons. The summed E-state index contributed by atoms with van der Waals surface area (Å²) in [5.74, 6) is -2.19. The number of carbonyl (C=O) groups excluding carboxylic acids is 1. The highest BCUT2D eigenvalue weighted by atomic mass is 35.5. The summed E-state index contributed by atoms with van der Waals surface area (Å²) in [6, 6.07) is 12.1. The van der Waals surface area contributed by atoms with Crippen LogP contribution >= 0.6 is 11.6 Å². The number of sulfonamides is 1. The van der Waals surface area contributed by atoms with Crippen molar-refractivity contribution in [2.45, 2.75) is 55.4 Å². The standard InChI is InChI=1S/C33H31ClF4N2O7S/c1-20(30-25(34)6-3-7-26(30)35)16-21-8-10-28-27(17-21)40(48(45,46)24-5-2-4-22(18-24)33(36,37)38)19-23(47-28)9-11-29(41)39-14-12-32(44,13-15-39)31(42)43/h2-8,10,16-18,23,44H,9,11-15,19H2,1H3,(H,42,43)/b20-16+/t23-/m0/s1. The second kappa shape index (κ2) is 13.4. The molecule has 0 unspecified atom stereocenters. The number of aliphatic carboxylic acids is 1. The van der Waals surface area contributed by atoms with Crippen molar-refractivity contribution in [3.63, 3.8) is 0 Å². The summed E-state index contributed by atoms with van der Waals surface area (Å²) in [5, 5.41) is 19.6. The van der Waals surface area contributed by atoms with Crippen molar-refractivity contribution >= 4 is 50.8 Å². The molecule has 15 heteroatoms. The molecule has 0 saturated carbocycles. The van der Waals surface area contributed by atoms with Crippen LogP contribution < -0.4 is 9.04 Å². The van der Waals surface area contributed by atoms with E-state index in [1.54, 1.807) is 19.1 Å². The average Bonchev–Trinajstić information content (AvgIpc) is 3.03. The molecule has 256 valence electrons. The number of hydrogen-bond acceptors (Lipinski definition) is 6. The average molecular weight is 711 g/mol. The molecule has 1 fully saturated rings. The van der Waals surface area contributed by atoms with Crippen LogP contribution in [0.15, 0.2) is 65.6 Å². The molecule has 3 aromatic rings. The van der Waals surface area contributed by atoms with E-state index in [1.807, 2.05) is 0 Å². The van der Waals surface area contributed by atoms with Crippen molar-refractivity contribution in [2.75, 3.05) is 23.9 Å². The first-order chi connectivity index (χ1) is 22.5. The van der Waals surface area contributed by atoms with Crippen molar-refractivity contribution in [1.82, 2.24) is 4.90 Å². The monoisotopic (exact) mass is 710 g/mol. The van der Waals surface area contributed by atoms with Gasteiger partial charge in [-0.2, -0.15) is 13.2 Å². The third-order valence-corrected chi connectivity index (χ3v) is 10.5. The molecule has 0 spiro atoms. The van der Waals surface area contributed by atoms with Gasteiger partial charge in [-0.15, -0.1) is 0 Å². The molecule has 3 aromatic carbocycles. The zero-order valence-electron chi connectivity index (χ0n) is 25.5. The Morgan fingerprint density at radius 1 is 1.08 bits per heavy atom. The number of hydrogen-bond donors (Lipinski definition) is 2. The fourth-order valence-corrected chi connectivity index (χ4v) is 7.59. The van der Waals surface area contributed by atoms with Crippen molar-refractivity contribution in [3.05, 3.63) is 88.2 Å². The maximum atomic E-state index is 14.6. The van der Waals surface area contributed by atoms with Gasteiger partial charge < -0.3 is 19.8 Å². The molecule has 2 aliphatic heterocycles. The molecule has 1 saturated heterocycles. The Morgan fingerprint density at radius 2 is 1.77 bits per heavy atom. The Bertz CT molecular complexity index is 1860. The van der Waals surface area contributed by atoms with Gasteiger partial charge in [0.25, 0.3) is 10.0 Å². The third kappa shape index (κ3) is 7.30. The van der Waals surface area contributed by atoms with Gasteiger partial charge in [0.2, 0.25) is 5.91 Å². The van der Waals surface area contributed by atoms with E-state index in [4.69, 9.17) is 16.3 Å². The van der Waals surface area contributed by atoms with E-state index in [-0.39, 0.29) is 73.2 Å². The molecule has 1 atom stereocenters. The number of halogens is 5. The Hall–Kier alpha value is -4.14. The van der Waals surface area contributed by atoms with Crippen LogP contribution in [0.3, 0.4) is 0 Å². The number of carboxylic acid groups (broad SMARTS) is 1. The molecular formula is C33H31ClF4N2O7S. The number of rotatable bonds is 8. The number of allylic oxidation sites excluding steroid dienone is 1. The second-order valence-electron chi connectivity index (χ2n) is 11.7. The number of carboxylic acids is 1. The SMILES string of the molecule is C/C(=C\c1ccc2c(c1)N(S(=O)(=O)c1cccc(C(F)(F)F)c1)C[C@H](CCC(=O)N1CCC(O)(C(=O)O)CC1)O2)c1c(F)cccc1Cl. The number of aliphatic hydroxyl groups is 1. The number of nitrogens with zero attached hydrogens (tertiary/aromatic N) is 2. The predicted octanol–water partition coefficient (Wildman–Crippen LogP) is 6.23. The summed E-state index contributed by atoms with van der Waals surface area (Å²) < 4.78 is 90.2. The minimum absolute atomic E-state index is 0.0137. The molecule has 2 aliphatic rings. The highest BCUT2D eigenvalue weighted by Gasteiger charge is 2.41. The Balaban J connectivity index is 1.45. The van der Waals surface area contributed by atoms with E-state index in [2.05, 4.69) is 0 Å². The highest BCUT2D eigenvalue weighted by molar-refractivity contribution is 7.92. The first-order valence-corrected chi connectivity index (χ1v) is 16.7. The lowest BCUT2D eigenvalue weighted by molar-refractivity contribution is -0.165. The largest absolute Gasteiger partial charge is 0.486 e. The van der Waals surface area contributed by atoms with E-state index in [0.29, 0.717) is 17.2 Å². The number of amides is 1. The van der Waals surface area contributed by atoms with Crippen LogP contribution in [0.5, 0.6) is 5.75 Å². The van der Waals surface area contributed by atoms with Gasteiger partial charge in [-0.1, -0.05) is 35.9 Å². The quantitative estimate of drug-likeness (QED) is 0.210. The molecule has 9 nitrogen and oxygen atoms in total. The topological polar surface area (TPSA) is 124 Å². The summed E-state index contributed by atoms with van der Waals surface area (Å²) in [5.41, 5.74) is -2.03. The number of carbonyl (C=O) groups is 2. The van der Waals surface area contributed by atoms with Gasteiger partial charge in [0, 0.05) is 37.9 Å². The van der Waals surface area contributed by atoms with Crippen LogP contribution in [-0.2, 0) is 25.8 Å². The zero-order chi connectivity index (χ0) is 35.0. The van der Waals surface area contributed by atoms with E-state index < -0.39 is 50.2 Å². The van der Waals surface area contributed by atoms with Crippen LogP contribution in [0, 0.1) is 5.82 Å². The summed E-state index contributed by atoms with van der Waals surface area (Å²) in [6.07, 6.45) is -4.48. The molecule has 5 rings (SSSR count). The third-order valence-electron chi connectivity index (χ3n) is 8.43. The lowest BCUT2D eigenvalue weighted by Crippen LogP contribution is -2.51. The second-order valence-corrected chi connectivity index (χ2v) is 14.0. The minimum Gasteiger partial charge on any atom is -0.486 e. The van der Waals surface area contributed by atoms with Gasteiger partial charge in [-0.3, -0.25) is 9.10 Å². The maximum Gasteiger partial charge on any atom is 0.416 e. The van der Waals surface area contributed by atoms with Crippen LogP contribution in [-0.4, -0.2) is 66.7 Å². The molecule has 2 N–H and O–H groups in total. The van der Waals surface area contributed by atoms with E-state index in [9.17, 15) is 45.8 Å². The van der Waals surface area contributed by atoms with Crippen LogP contribution in [0.2, 0.25) is 5.02 Å². The van der Waals surface area contributed by atoms with Crippen molar-refractivity contribution < 1.29 is 50.5 Å². The van der Waals surface area contributed by atoms with E-state index in [1.165, 1.54) is 35.2 Å². The number of benzene rings is 3. The summed E-state index contributed by atoms with van der Waals surface area (Å²) in [4.78, 5) is 25.1. The van der Waals surface area contributed by atoms with Crippen molar-refractivity contribution in [3.8, 4) is 5.75 Å². The Kier molecular flexibility index (Phi) is 9.82. The fraction of sp³-hybridized carbons (Fsp3) is 0.333. The molecule has 1 amide bonds. The summed E-state index contributed by atoms with van der Waals surface area (Å²) in [7, 11) is -4.61. The Morgan fingerprint density at radius 3 is 2.42 bits per heavy atom. The molecular weight excluding hydrogens is 680 g/mol. The first-order valence-electron chi connectivity index (χ1n) is 14.9. The van der Waals surface area contributed by atoms with Gasteiger partial charge in [0.1, 0.15) is 17.7 Å². The summed E-state index contributed by atoms with van der Waals surface area (Å²) in [6.45, 7) is 1.30. The maximum absolute atomic E-state index is 14.6. The number of anilines is 1. The number of alkyl halides is 3. The lowest BCUT2D eigenvalue weighted by Gasteiger charge is -2.37. The van der Waals surface area contributed by atoms with Gasteiger partial charge in [0.05, 0.1) is 27.7 Å².